The number of ether oxygens (including phenoxy) is 1. The largest absolute Gasteiger partial charge is 0.364 e. The van der Waals surface area contributed by atoms with Gasteiger partial charge in [-0.05, 0) is 42.7 Å². The van der Waals surface area contributed by atoms with E-state index < -0.39 is 6.10 Å². The quantitative estimate of drug-likeness (QED) is 0.888. The Balaban J connectivity index is 1.57. The summed E-state index contributed by atoms with van der Waals surface area (Å²) in [6, 6.07) is 15.2. The number of carbonyl (C=O) groups excluding carboxylic acids is 2. The van der Waals surface area contributed by atoms with Gasteiger partial charge >= 0.3 is 0 Å². The molecular weight excluding hydrogens is 304 g/mol. The Kier molecular flexibility index (Phi) is 4.91. The molecule has 124 valence electrons. The zero-order chi connectivity index (χ0) is 16.9. The summed E-state index contributed by atoms with van der Waals surface area (Å²) < 4.78 is 5.62. The van der Waals surface area contributed by atoms with Crippen LogP contribution in [0.2, 0.25) is 0 Å². The Morgan fingerprint density at radius 2 is 2.00 bits per heavy atom. The summed E-state index contributed by atoms with van der Waals surface area (Å²) in [5, 5.41) is 5.69. The summed E-state index contributed by atoms with van der Waals surface area (Å²) in [5.41, 5.74) is 3.59. The van der Waals surface area contributed by atoms with Crippen molar-refractivity contribution in [2.24, 2.45) is 0 Å². The second-order valence-corrected chi connectivity index (χ2v) is 5.85. The first-order valence-corrected chi connectivity index (χ1v) is 8.01. The third kappa shape index (κ3) is 4.00. The van der Waals surface area contributed by atoms with Gasteiger partial charge in [-0.15, -0.1) is 0 Å². The van der Waals surface area contributed by atoms with Crippen LogP contribution < -0.4 is 10.6 Å². The van der Waals surface area contributed by atoms with Crippen molar-refractivity contribution >= 4 is 23.2 Å². The standard InChI is InChI=1S/C19H20N2O3/c1-13(24-12-14-5-3-2-4-6-14)19(23)20-16-8-9-17-15(11-16)7-10-18(22)21-17/h2-6,8-9,11,13H,7,10,12H2,1H3,(H,20,23)(H,21,22)/t13-/m0/s1. The summed E-state index contributed by atoms with van der Waals surface area (Å²) in [6.45, 7) is 2.13. The average Bonchev–Trinajstić information content (AvgIpc) is 2.60. The van der Waals surface area contributed by atoms with Gasteiger partial charge in [0.1, 0.15) is 6.10 Å². The second-order valence-electron chi connectivity index (χ2n) is 5.85. The normalized spacial score (nSPS) is 14.5. The van der Waals surface area contributed by atoms with Crippen LogP contribution in [0.25, 0.3) is 0 Å². The molecule has 0 unspecified atom stereocenters. The second kappa shape index (κ2) is 7.27. The summed E-state index contributed by atoms with van der Waals surface area (Å²) in [7, 11) is 0. The zero-order valence-electron chi connectivity index (χ0n) is 13.5. The molecule has 2 N–H and O–H groups in total. The minimum absolute atomic E-state index is 0.0298. The van der Waals surface area contributed by atoms with Gasteiger partial charge in [-0.1, -0.05) is 30.3 Å². The maximum atomic E-state index is 12.2. The van der Waals surface area contributed by atoms with Crippen LogP contribution in [0, 0.1) is 0 Å². The molecule has 5 heteroatoms. The molecule has 1 heterocycles. The van der Waals surface area contributed by atoms with Crippen LogP contribution in [0.4, 0.5) is 11.4 Å². The minimum atomic E-state index is -0.555. The van der Waals surface area contributed by atoms with E-state index in [9.17, 15) is 9.59 Å². The maximum Gasteiger partial charge on any atom is 0.253 e. The van der Waals surface area contributed by atoms with Crippen LogP contribution in [0.15, 0.2) is 48.5 Å². The van der Waals surface area contributed by atoms with Crippen molar-refractivity contribution in [3.63, 3.8) is 0 Å². The molecule has 0 bridgehead atoms. The van der Waals surface area contributed by atoms with Gasteiger partial charge in [0.2, 0.25) is 5.91 Å². The molecule has 0 fully saturated rings. The molecule has 1 aliphatic rings. The smallest absolute Gasteiger partial charge is 0.253 e. The molecule has 3 rings (SSSR count). The maximum absolute atomic E-state index is 12.2. The third-order valence-electron chi connectivity index (χ3n) is 3.98. The number of benzene rings is 2. The fourth-order valence-corrected chi connectivity index (χ4v) is 2.58. The van der Waals surface area contributed by atoms with Crippen molar-refractivity contribution in [3.05, 3.63) is 59.7 Å². The van der Waals surface area contributed by atoms with Crippen LogP contribution >= 0.6 is 0 Å². The lowest BCUT2D eigenvalue weighted by Gasteiger charge is -2.18. The van der Waals surface area contributed by atoms with E-state index in [-0.39, 0.29) is 11.8 Å². The summed E-state index contributed by atoms with van der Waals surface area (Å²) >= 11 is 0. The van der Waals surface area contributed by atoms with Gasteiger partial charge < -0.3 is 15.4 Å². The monoisotopic (exact) mass is 324 g/mol. The number of amides is 2. The van der Waals surface area contributed by atoms with E-state index in [1.54, 1.807) is 13.0 Å². The molecule has 1 aliphatic heterocycles. The highest BCUT2D eigenvalue weighted by molar-refractivity contribution is 5.96. The van der Waals surface area contributed by atoms with Crippen LogP contribution in [0.5, 0.6) is 0 Å². The van der Waals surface area contributed by atoms with Crippen molar-refractivity contribution in [2.45, 2.75) is 32.5 Å². The molecule has 0 aliphatic carbocycles. The van der Waals surface area contributed by atoms with Crippen molar-refractivity contribution in [2.75, 3.05) is 10.6 Å². The molecule has 0 radical (unpaired) electrons. The number of hydrogen-bond donors (Lipinski definition) is 2. The van der Waals surface area contributed by atoms with Crippen LogP contribution in [0.1, 0.15) is 24.5 Å². The Bertz CT molecular complexity index is 744. The first-order chi connectivity index (χ1) is 11.6. The fourth-order valence-electron chi connectivity index (χ4n) is 2.58. The molecular formula is C19H20N2O3. The lowest BCUT2D eigenvalue weighted by atomic mass is 10.0. The van der Waals surface area contributed by atoms with Crippen molar-refractivity contribution in [1.29, 1.82) is 0 Å². The molecule has 24 heavy (non-hydrogen) atoms. The number of carbonyl (C=O) groups is 2. The van der Waals surface area contributed by atoms with E-state index >= 15 is 0 Å². The topological polar surface area (TPSA) is 67.4 Å². The lowest BCUT2D eigenvalue weighted by molar-refractivity contribution is -0.127. The van der Waals surface area contributed by atoms with Crippen LogP contribution in [-0.2, 0) is 27.4 Å². The fraction of sp³-hybridized carbons (Fsp3) is 0.263. The Labute approximate surface area is 141 Å². The number of nitrogens with one attached hydrogen (secondary N) is 2. The van der Waals surface area contributed by atoms with Gasteiger partial charge in [-0.25, -0.2) is 0 Å². The van der Waals surface area contributed by atoms with Crippen LogP contribution in [-0.4, -0.2) is 17.9 Å². The van der Waals surface area contributed by atoms with Gasteiger partial charge in [0.05, 0.1) is 6.61 Å². The summed E-state index contributed by atoms with van der Waals surface area (Å²) in [6.07, 6.45) is 0.604. The number of aryl methyl sites for hydroxylation is 1. The molecule has 2 amide bonds. The Morgan fingerprint density at radius 1 is 1.21 bits per heavy atom. The van der Waals surface area contributed by atoms with E-state index in [0.29, 0.717) is 25.1 Å². The predicted molar refractivity (Wildman–Crippen MR) is 92.7 cm³/mol. The third-order valence-corrected chi connectivity index (χ3v) is 3.98. The molecule has 0 aromatic heterocycles. The number of fused-ring (bicyclic) bond motifs is 1. The van der Waals surface area contributed by atoms with E-state index in [0.717, 1.165) is 16.8 Å². The van der Waals surface area contributed by atoms with E-state index in [4.69, 9.17) is 4.74 Å². The first kappa shape index (κ1) is 16.2. The highest BCUT2D eigenvalue weighted by Crippen LogP contribution is 2.25. The van der Waals surface area contributed by atoms with Gasteiger partial charge in [-0.3, -0.25) is 9.59 Å². The molecule has 1 atom stereocenters. The Hall–Kier alpha value is -2.66. The molecule has 2 aromatic rings. The van der Waals surface area contributed by atoms with E-state index in [2.05, 4.69) is 10.6 Å². The number of rotatable bonds is 5. The van der Waals surface area contributed by atoms with E-state index in [1.807, 2.05) is 42.5 Å². The van der Waals surface area contributed by atoms with Crippen molar-refractivity contribution < 1.29 is 14.3 Å². The van der Waals surface area contributed by atoms with Gasteiger partial charge in [0.25, 0.3) is 5.91 Å². The molecule has 0 saturated heterocycles. The summed E-state index contributed by atoms with van der Waals surface area (Å²) in [4.78, 5) is 23.6. The van der Waals surface area contributed by atoms with Gasteiger partial charge in [0, 0.05) is 17.8 Å². The molecule has 5 nitrogen and oxygen atoms in total. The Morgan fingerprint density at radius 3 is 2.79 bits per heavy atom. The number of hydrogen-bond acceptors (Lipinski definition) is 3. The SMILES string of the molecule is C[C@H](OCc1ccccc1)C(=O)Nc1ccc2c(c1)CCC(=O)N2. The van der Waals surface area contributed by atoms with Crippen molar-refractivity contribution in [1.82, 2.24) is 0 Å². The minimum Gasteiger partial charge on any atom is -0.364 e. The highest BCUT2D eigenvalue weighted by atomic mass is 16.5. The zero-order valence-corrected chi connectivity index (χ0v) is 13.5. The van der Waals surface area contributed by atoms with E-state index in [1.165, 1.54) is 0 Å². The predicted octanol–water partition coefficient (Wildman–Crippen LogP) is 3.12. The number of anilines is 2. The average molecular weight is 324 g/mol. The summed E-state index contributed by atoms with van der Waals surface area (Å²) in [5.74, 6) is -0.159. The first-order valence-electron chi connectivity index (χ1n) is 8.01. The highest BCUT2D eigenvalue weighted by Gasteiger charge is 2.17. The van der Waals surface area contributed by atoms with Crippen molar-refractivity contribution in [3.8, 4) is 0 Å². The van der Waals surface area contributed by atoms with Gasteiger partial charge in [-0.2, -0.15) is 0 Å². The lowest BCUT2D eigenvalue weighted by Crippen LogP contribution is -2.28. The van der Waals surface area contributed by atoms with Crippen LogP contribution in [0.3, 0.4) is 0 Å². The van der Waals surface area contributed by atoms with Gasteiger partial charge in [0.15, 0.2) is 0 Å². The molecule has 2 aromatic carbocycles. The molecule has 0 spiro atoms. The molecule has 0 saturated carbocycles.